The van der Waals surface area contributed by atoms with Crippen molar-refractivity contribution in [1.82, 2.24) is 20.1 Å². The van der Waals surface area contributed by atoms with Crippen molar-refractivity contribution in [3.05, 3.63) is 66.4 Å². The number of para-hydroxylation sites is 1. The Morgan fingerprint density at radius 2 is 2.08 bits per heavy atom. The van der Waals surface area contributed by atoms with Crippen LogP contribution in [0.25, 0.3) is 11.3 Å². The van der Waals surface area contributed by atoms with E-state index >= 15 is 0 Å². The lowest BCUT2D eigenvalue weighted by molar-refractivity contribution is 0.251. The van der Waals surface area contributed by atoms with Crippen LogP contribution in [-0.4, -0.2) is 20.8 Å². The molecule has 0 fully saturated rings. The molecule has 122 valence electrons. The molecule has 0 aliphatic heterocycles. The summed E-state index contributed by atoms with van der Waals surface area (Å²) >= 11 is 0. The minimum absolute atomic E-state index is 0.133. The predicted molar refractivity (Wildman–Crippen MR) is 88.7 cm³/mol. The second kappa shape index (κ2) is 6.91. The predicted octanol–water partition coefficient (Wildman–Crippen LogP) is 2.94. The first-order valence-corrected chi connectivity index (χ1v) is 7.36. The van der Waals surface area contributed by atoms with Crippen LogP contribution >= 0.6 is 0 Å². The van der Waals surface area contributed by atoms with Crippen LogP contribution in [0.4, 0.5) is 14.9 Å². The number of benzene rings is 1. The van der Waals surface area contributed by atoms with E-state index in [4.69, 9.17) is 0 Å². The van der Waals surface area contributed by atoms with Gasteiger partial charge in [-0.1, -0.05) is 18.2 Å². The first kappa shape index (κ1) is 15.7. The van der Waals surface area contributed by atoms with Gasteiger partial charge in [0.05, 0.1) is 17.6 Å². The van der Waals surface area contributed by atoms with Crippen LogP contribution in [0.3, 0.4) is 0 Å². The molecule has 24 heavy (non-hydrogen) atoms. The quantitative estimate of drug-likeness (QED) is 0.775. The molecule has 3 rings (SSSR count). The Morgan fingerprint density at radius 1 is 1.25 bits per heavy atom. The number of nitrogens with zero attached hydrogens (tertiary/aromatic N) is 3. The summed E-state index contributed by atoms with van der Waals surface area (Å²) in [6.07, 6.45) is 5.25. The Morgan fingerprint density at radius 3 is 2.83 bits per heavy atom. The Balaban J connectivity index is 1.69. The van der Waals surface area contributed by atoms with Gasteiger partial charge in [-0.3, -0.25) is 9.67 Å². The fourth-order valence-corrected chi connectivity index (χ4v) is 2.29. The van der Waals surface area contributed by atoms with E-state index in [2.05, 4.69) is 20.7 Å². The maximum Gasteiger partial charge on any atom is 0.319 e. The Kier molecular flexibility index (Phi) is 4.51. The molecule has 7 heteroatoms. The zero-order valence-electron chi connectivity index (χ0n) is 13.0. The van der Waals surface area contributed by atoms with Gasteiger partial charge in [-0.2, -0.15) is 5.10 Å². The number of hydrogen-bond donors (Lipinski definition) is 2. The maximum atomic E-state index is 13.5. The fraction of sp³-hybridized carbons (Fsp3) is 0.118. The fourth-order valence-electron chi connectivity index (χ4n) is 2.29. The van der Waals surface area contributed by atoms with Crippen molar-refractivity contribution in [2.75, 3.05) is 5.32 Å². The lowest BCUT2D eigenvalue weighted by atomic mass is 10.1. The number of urea groups is 1. The van der Waals surface area contributed by atoms with Crippen molar-refractivity contribution in [1.29, 1.82) is 0 Å². The van der Waals surface area contributed by atoms with Crippen LogP contribution in [0, 0.1) is 5.82 Å². The minimum atomic E-state index is -0.485. The molecule has 0 aliphatic rings. The lowest BCUT2D eigenvalue weighted by Crippen LogP contribution is -2.28. The number of pyridine rings is 1. The third-order valence-corrected chi connectivity index (χ3v) is 3.43. The number of carbonyl (C=O) groups excluding carboxylic acids is 1. The summed E-state index contributed by atoms with van der Waals surface area (Å²) in [6.45, 7) is 0.262. The molecule has 0 aliphatic carbocycles. The van der Waals surface area contributed by atoms with Gasteiger partial charge in [-0.25, -0.2) is 9.18 Å². The smallest absolute Gasteiger partial charge is 0.319 e. The van der Waals surface area contributed by atoms with Crippen LogP contribution in [0.5, 0.6) is 0 Å². The van der Waals surface area contributed by atoms with Gasteiger partial charge in [0.15, 0.2) is 0 Å². The van der Waals surface area contributed by atoms with Crippen LogP contribution < -0.4 is 10.6 Å². The summed E-state index contributed by atoms with van der Waals surface area (Å²) in [7, 11) is 1.83. The summed E-state index contributed by atoms with van der Waals surface area (Å²) in [5.74, 6) is -0.481. The van der Waals surface area contributed by atoms with Crippen molar-refractivity contribution < 1.29 is 9.18 Å². The van der Waals surface area contributed by atoms with Gasteiger partial charge in [0.25, 0.3) is 0 Å². The third kappa shape index (κ3) is 3.57. The van der Waals surface area contributed by atoms with Crippen molar-refractivity contribution in [3.8, 4) is 11.3 Å². The molecule has 0 unspecified atom stereocenters. The van der Waals surface area contributed by atoms with Crippen molar-refractivity contribution in [3.63, 3.8) is 0 Å². The molecule has 0 saturated carbocycles. The Bertz CT molecular complexity index is 861. The van der Waals surface area contributed by atoms with Crippen LogP contribution in [0.2, 0.25) is 0 Å². The highest BCUT2D eigenvalue weighted by molar-refractivity contribution is 5.89. The van der Waals surface area contributed by atoms with E-state index in [1.54, 1.807) is 35.3 Å². The number of hydrogen-bond acceptors (Lipinski definition) is 3. The summed E-state index contributed by atoms with van der Waals surface area (Å²) < 4.78 is 15.2. The first-order valence-electron chi connectivity index (χ1n) is 7.36. The average Bonchev–Trinajstić information content (AvgIpc) is 3.02. The molecule has 0 spiro atoms. The van der Waals surface area contributed by atoms with E-state index in [1.165, 1.54) is 12.1 Å². The van der Waals surface area contributed by atoms with Gasteiger partial charge >= 0.3 is 6.03 Å². The van der Waals surface area contributed by atoms with Gasteiger partial charge in [-0.05, 0) is 23.8 Å². The SMILES string of the molecule is Cn1cc(-c2ncccc2CNC(=O)Nc2ccccc2F)cn1. The van der Waals surface area contributed by atoms with E-state index in [0.717, 1.165) is 16.8 Å². The number of anilines is 1. The molecule has 2 heterocycles. The molecule has 6 nitrogen and oxygen atoms in total. The third-order valence-electron chi connectivity index (χ3n) is 3.43. The lowest BCUT2D eigenvalue weighted by Gasteiger charge is -2.10. The number of aryl methyl sites for hydroxylation is 1. The van der Waals surface area contributed by atoms with Crippen LogP contribution in [0.15, 0.2) is 55.0 Å². The van der Waals surface area contributed by atoms with Gasteiger partial charge in [0, 0.05) is 31.5 Å². The van der Waals surface area contributed by atoms with E-state index in [-0.39, 0.29) is 12.2 Å². The molecule has 2 amide bonds. The molecule has 0 radical (unpaired) electrons. The van der Waals surface area contributed by atoms with E-state index in [1.807, 2.05) is 19.3 Å². The molecular formula is C17H16FN5O. The Labute approximate surface area is 138 Å². The molecular weight excluding hydrogens is 309 g/mol. The zero-order valence-corrected chi connectivity index (χ0v) is 13.0. The highest BCUT2D eigenvalue weighted by atomic mass is 19.1. The number of rotatable bonds is 4. The van der Waals surface area contributed by atoms with Gasteiger partial charge < -0.3 is 10.6 Å². The van der Waals surface area contributed by atoms with Gasteiger partial charge in [0.1, 0.15) is 5.82 Å². The minimum Gasteiger partial charge on any atom is -0.334 e. The topological polar surface area (TPSA) is 71.8 Å². The molecule has 2 N–H and O–H groups in total. The molecule has 1 aromatic carbocycles. The van der Waals surface area contributed by atoms with Crippen LogP contribution in [0.1, 0.15) is 5.56 Å². The van der Waals surface area contributed by atoms with Crippen LogP contribution in [-0.2, 0) is 13.6 Å². The standard InChI is InChI=1S/C17H16FN5O/c1-23-11-13(10-21-23)16-12(5-4-8-19-16)9-20-17(24)22-15-7-3-2-6-14(15)18/h2-8,10-11H,9H2,1H3,(H2,20,22,24). The highest BCUT2D eigenvalue weighted by Crippen LogP contribution is 2.20. The van der Waals surface area contributed by atoms with Crippen molar-refractivity contribution >= 4 is 11.7 Å². The second-order valence-corrected chi connectivity index (χ2v) is 5.20. The highest BCUT2D eigenvalue weighted by Gasteiger charge is 2.10. The molecule has 3 aromatic rings. The average molecular weight is 325 g/mol. The normalized spacial score (nSPS) is 10.4. The first-order chi connectivity index (χ1) is 11.6. The summed E-state index contributed by atoms with van der Waals surface area (Å²) in [5.41, 5.74) is 2.59. The number of amides is 2. The van der Waals surface area contributed by atoms with E-state index in [0.29, 0.717) is 0 Å². The molecule has 0 bridgehead atoms. The number of aromatic nitrogens is 3. The maximum absolute atomic E-state index is 13.5. The van der Waals surface area contributed by atoms with Gasteiger partial charge in [0.2, 0.25) is 0 Å². The molecule has 0 atom stereocenters. The molecule has 2 aromatic heterocycles. The largest absolute Gasteiger partial charge is 0.334 e. The summed E-state index contributed by atoms with van der Waals surface area (Å²) in [5, 5.41) is 9.32. The van der Waals surface area contributed by atoms with Crippen molar-refractivity contribution in [2.45, 2.75) is 6.54 Å². The van der Waals surface area contributed by atoms with Gasteiger partial charge in [-0.15, -0.1) is 0 Å². The number of halogens is 1. The van der Waals surface area contributed by atoms with E-state index in [9.17, 15) is 9.18 Å². The number of nitrogens with one attached hydrogen (secondary N) is 2. The summed E-state index contributed by atoms with van der Waals surface area (Å²) in [4.78, 5) is 16.3. The van der Waals surface area contributed by atoms with Crippen molar-refractivity contribution in [2.24, 2.45) is 7.05 Å². The number of carbonyl (C=O) groups is 1. The Hall–Kier alpha value is -3.22. The second-order valence-electron chi connectivity index (χ2n) is 5.20. The molecule has 0 saturated heterocycles. The zero-order chi connectivity index (χ0) is 16.9. The summed E-state index contributed by atoms with van der Waals surface area (Å²) in [6, 6.07) is 9.19. The van der Waals surface area contributed by atoms with E-state index < -0.39 is 11.8 Å². The monoisotopic (exact) mass is 325 g/mol.